The molecule has 92 valence electrons. The average Bonchev–Trinajstić information content (AvgIpc) is 2.99. The number of amides is 1. The van der Waals surface area contributed by atoms with Gasteiger partial charge in [-0.3, -0.25) is 0 Å². The zero-order valence-corrected chi connectivity index (χ0v) is 10.7. The second-order valence-electron chi connectivity index (χ2n) is 6.16. The van der Waals surface area contributed by atoms with Crippen molar-refractivity contribution in [2.75, 3.05) is 13.1 Å². The summed E-state index contributed by atoms with van der Waals surface area (Å²) in [6, 6.07) is 0. The number of likely N-dealkylation sites (tertiary alicyclic amines) is 1. The molecule has 1 aliphatic carbocycles. The molecule has 1 saturated heterocycles. The molecule has 0 spiro atoms. The van der Waals surface area contributed by atoms with Crippen LogP contribution in [-0.4, -0.2) is 29.7 Å². The normalized spacial score (nSPS) is 24.1. The van der Waals surface area contributed by atoms with Gasteiger partial charge < -0.3 is 9.64 Å². The van der Waals surface area contributed by atoms with Gasteiger partial charge in [0.15, 0.2) is 0 Å². The van der Waals surface area contributed by atoms with Crippen molar-refractivity contribution in [2.45, 2.75) is 58.5 Å². The van der Waals surface area contributed by atoms with Gasteiger partial charge in [-0.1, -0.05) is 20.8 Å². The Morgan fingerprint density at radius 3 is 2.12 bits per heavy atom. The minimum atomic E-state index is -0.179. The number of rotatable bonds is 1. The monoisotopic (exact) mass is 225 g/mol. The van der Waals surface area contributed by atoms with Crippen LogP contribution >= 0.6 is 0 Å². The molecule has 0 atom stereocenters. The molecule has 0 N–H and O–H groups in total. The lowest BCUT2D eigenvalue weighted by Crippen LogP contribution is -2.42. The number of nitrogens with zero attached hydrogens (tertiary/aromatic N) is 1. The molecule has 3 heteroatoms. The quantitative estimate of drug-likeness (QED) is 0.686. The van der Waals surface area contributed by atoms with Crippen LogP contribution in [0.3, 0.4) is 0 Å². The molecule has 3 nitrogen and oxygen atoms in total. The number of ether oxygens (including phenoxy) is 1. The molecule has 1 aliphatic heterocycles. The minimum Gasteiger partial charge on any atom is -0.442 e. The van der Waals surface area contributed by atoms with E-state index in [1.54, 1.807) is 0 Å². The van der Waals surface area contributed by atoms with Crippen LogP contribution in [0.4, 0.5) is 4.79 Å². The van der Waals surface area contributed by atoms with Gasteiger partial charge in [0, 0.05) is 18.5 Å². The van der Waals surface area contributed by atoms with Gasteiger partial charge >= 0.3 is 6.09 Å². The third-order valence-electron chi connectivity index (χ3n) is 3.97. The molecule has 0 aromatic heterocycles. The third kappa shape index (κ3) is 2.18. The van der Waals surface area contributed by atoms with E-state index in [2.05, 4.69) is 20.8 Å². The molecular weight excluding hydrogens is 202 g/mol. The van der Waals surface area contributed by atoms with E-state index in [1.807, 2.05) is 4.90 Å². The molecule has 0 bridgehead atoms. The van der Waals surface area contributed by atoms with Crippen LogP contribution in [0, 0.1) is 5.41 Å². The maximum absolute atomic E-state index is 12.0. The van der Waals surface area contributed by atoms with Gasteiger partial charge in [-0.25, -0.2) is 4.79 Å². The number of piperidine rings is 1. The standard InChI is InChI=1S/C13H23NO2/c1-12(2,3)13(7-8-13)16-11(15)14-9-5-4-6-10-14/h4-10H2,1-3H3. The highest BCUT2D eigenvalue weighted by Gasteiger charge is 2.56. The molecule has 2 fully saturated rings. The predicted octanol–water partition coefficient (Wildman–Crippen LogP) is 3.19. The van der Waals surface area contributed by atoms with Gasteiger partial charge in [0.1, 0.15) is 5.60 Å². The first-order valence-corrected chi connectivity index (χ1v) is 6.43. The van der Waals surface area contributed by atoms with E-state index >= 15 is 0 Å². The van der Waals surface area contributed by atoms with Crippen LogP contribution in [0.1, 0.15) is 52.9 Å². The van der Waals surface area contributed by atoms with Gasteiger partial charge in [0.25, 0.3) is 0 Å². The van der Waals surface area contributed by atoms with Gasteiger partial charge in [-0.2, -0.15) is 0 Å². The first-order chi connectivity index (χ1) is 7.45. The summed E-state index contributed by atoms with van der Waals surface area (Å²) in [5, 5.41) is 0. The van der Waals surface area contributed by atoms with Crippen molar-refractivity contribution in [1.29, 1.82) is 0 Å². The van der Waals surface area contributed by atoms with Crippen molar-refractivity contribution < 1.29 is 9.53 Å². The summed E-state index contributed by atoms with van der Waals surface area (Å²) in [7, 11) is 0. The number of hydrogen-bond acceptors (Lipinski definition) is 2. The predicted molar refractivity (Wildman–Crippen MR) is 63.3 cm³/mol. The van der Waals surface area contributed by atoms with Crippen molar-refractivity contribution in [1.82, 2.24) is 4.90 Å². The maximum Gasteiger partial charge on any atom is 0.410 e. The molecule has 0 aromatic carbocycles. The van der Waals surface area contributed by atoms with E-state index in [0.717, 1.165) is 38.8 Å². The Morgan fingerprint density at radius 2 is 1.69 bits per heavy atom. The Labute approximate surface area is 98.1 Å². The van der Waals surface area contributed by atoms with Gasteiger partial charge in [0.2, 0.25) is 0 Å². The highest BCUT2D eigenvalue weighted by atomic mass is 16.6. The zero-order chi connectivity index (χ0) is 11.8. The summed E-state index contributed by atoms with van der Waals surface area (Å²) in [6.45, 7) is 8.22. The van der Waals surface area contributed by atoms with Crippen LogP contribution in [0.2, 0.25) is 0 Å². The number of carbonyl (C=O) groups excluding carboxylic acids is 1. The van der Waals surface area contributed by atoms with Gasteiger partial charge in [0.05, 0.1) is 0 Å². The Bertz CT molecular complexity index is 270. The summed E-state index contributed by atoms with van der Waals surface area (Å²) in [6.07, 6.45) is 5.45. The molecule has 1 amide bonds. The largest absolute Gasteiger partial charge is 0.442 e. The summed E-state index contributed by atoms with van der Waals surface area (Å²) in [5.74, 6) is 0. The molecule has 0 unspecified atom stereocenters. The smallest absolute Gasteiger partial charge is 0.410 e. The van der Waals surface area contributed by atoms with E-state index in [1.165, 1.54) is 6.42 Å². The van der Waals surface area contributed by atoms with E-state index in [4.69, 9.17) is 4.74 Å². The van der Waals surface area contributed by atoms with E-state index in [-0.39, 0.29) is 17.1 Å². The van der Waals surface area contributed by atoms with Gasteiger partial charge in [-0.15, -0.1) is 0 Å². The highest BCUT2D eigenvalue weighted by molar-refractivity contribution is 5.68. The molecule has 1 heterocycles. The average molecular weight is 225 g/mol. The number of hydrogen-bond donors (Lipinski definition) is 0. The first kappa shape index (κ1) is 11.7. The summed E-state index contributed by atoms with van der Waals surface area (Å²) < 4.78 is 5.74. The molecule has 16 heavy (non-hydrogen) atoms. The third-order valence-corrected chi connectivity index (χ3v) is 3.97. The fourth-order valence-corrected chi connectivity index (χ4v) is 2.43. The van der Waals surface area contributed by atoms with Crippen LogP contribution in [0.5, 0.6) is 0 Å². The van der Waals surface area contributed by atoms with E-state index in [0.29, 0.717) is 0 Å². The maximum atomic E-state index is 12.0. The summed E-state index contributed by atoms with van der Waals surface area (Å²) in [4.78, 5) is 13.9. The van der Waals surface area contributed by atoms with E-state index in [9.17, 15) is 4.79 Å². The van der Waals surface area contributed by atoms with Crippen molar-refractivity contribution in [3.05, 3.63) is 0 Å². The minimum absolute atomic E-state index is 0.0679. The highest BCUT2D eigenvalue weighted by Crippen LogP contribution is 2.53. The van der Waals surface area contributed by atoms with Gasteiger partial charge in [-0.05, 0) is 32.1 Å². The molecular formula is C13H23NO2. The molecule has 2 rings (SSSR count). The fraction of sp³-hybridized carbons (Fsp3) is 0.923. The van der Waals surface area contributed by atoms with Crippen LogP contribution in [-0.2, 0) is 4.74 Å². The zero-order valence-electron chi connectivity index (χ0n) is 10.7. The Morgan fingerprint density at radius 1 is 1.12 bits per heavy atom. The number of carbonyl (C=O) groups is 1. The molecule has 1 saturated carbocycles. The van der Waals surface area contributed by atoms with Crippen LogP contribution < -0.4 is 0 Å². The molecule has 0 aromatic rings. The van der Waals surface area contributed by atoms with Crippen LogP contribution in [0.25, 0.3) is 0 Å². The lowest BCUT2D eigenvalue weighted by molar-refractivity contribution is -0.0108. The topological polar surface area (TPSA) is 29.5 Å². The second kappa shape index (κ2) is 3.94. The van der Waals surface area contributed by atoms with Crippen molar-refractivity contribution in [2.24, 2.45) is 5.41 Å². The first-order valence-electron chi connectivity index (χ1n) is 6.43. The Kier molecular flexibility index (Phi) is 2.89. The lowest BCUT2D eigenvalue weighted by atomic mass is 9.86. The van der Waals surface area contributed by atoms with Crippen molar-refractivity contribution in [3.8, 4) is 0 Å². The van der Waals surface area contributed by atoms with Crippen LogP contribution in [0.15, 0.2) is 0 Å². The second-order valence-corrected chi connectivity index (χ2v) is 6.16. The lowest BCUT2D eigenvalue weighted by Gasteiger charge is -2.34. The van der Waals surface area contributed by atoms with Crippen molar-refractivity contribution in [3.63, 3.8) is 0 Å². The summed E-state index contributed by atoms with van der Waals surface area (Å²) >= 11 is 0. The summed E-state index contributed by atoms with van der Waals surface area (Å²) in [5.41, 5.74) is -0.111. The Balaban J connectivity index is 1.92. The molecule has 0 radical (unpaired) electrons. The SMILES string of the molecule is CC(C)(C)C1(OC(=O)N2CCCCC2)CC1. The van der Waals surface area contributed by atoms with Crippen molar-refractivity contribution >= 4 is 6.09 Å². The van der Waals surface area contributed by atoms with E-state index < -0.39 is 0 Å². The fourth-order valence-electron chi connectivity index (χ4n) is 2.43. The molecule has 2 aliphatic rings. The Hall–Kier alpha value is -0.730.